The van der Waals surface area contributed by atoms with Crippen LogP contribution in [0.15, 0.2) is 4.52 Å². The van der Waals surface area contributed by atoms with Crippen molar-refractivity contribution in [1.82, 2.24) is 25.1 Å². The van der Waals surface area contributed by atoms with Crippen LogP contribution in [0.3, 0.4) is 0 Å². The Kier molecular flexibility index (Phi) is 3.21. The summed E-state index contributed by atoms with van der Waals surface area (Å²) in [4.78, 5) is 16.0. The van der Waals surface area contributed by atoms with Crippen LogP contribution in [0.25, 0.3) is 0 Å². The van der Waals surface area contributed by atoms with E-state index in [1.165, 1.54) is 0 Å². The molecule has 0 aromatic carbocycles. The number of hydrogen-bond donors (Lipinski definition) is 0. The lowest BCUT2D eigenvalue weighted by Crippen LogP contribution is -2.11. The average Bonchev–Trinajstić information content (AvgIpc) is 3.05. The second-order valence-corrected chi connectivity index (χ2v) is 4.71. The molecule has 1 fully saturated rings. The number of esters is 1. The molecule has 0 saturated heterocycles. The molecular weight excluding hydrogens is 262 g/mol. The number of nitrogens with zero attached hydrogens (tertiary/aromatic N) is 5. The van der Waals surface area contributed by atoms with Crippen LogP contribution < -0.4 is 0 Å². The number of carbonyl (C=O) groups excluding carboxylic acids is 1. The molecule has 3 rings (SSSR count). The van der Waals surface area contributed by atoms with Crippen LogP contribution in [0.2, 0.25) is 0 Å². The molecule has 106 valence electrons. The van der Waals surface area contributed by atoms with Gasteiger partial charge in [0.1, 0.15) is 6.54 Å². The molecule has 20 heavy (non-hydrogen) atoms. The summed E-state index contributed by atoms with van der Waals surface area (Å²) in [7, 11) is 0. The lowest BCUT2D eigenvalue weighted by atomic mass is 10.2. The first-order valence-electron chi connectivity index (χ1n) is 6.58. The number of carbonyl (C=O) groups is 1. The molecule has 8 heteroatoms. The SMILES string of the molecule is CCOC(=O)c1nnn(Cc2noc(C)n2)c1C1CC1. The van der Waals surface area contributed by atoms with E-state index in [9.17, 15) is 4.79 Å². The normalized spacial score (nSPS) is 14.5. The molecule has 0 unspecified atom stereocenters. The first-order valence-corrected chi connectivity index (χ1v) is 6.58. The highest BCUT2D eigenvalue weighted by Crippen LogP contribution is 2.41. The Bertz CT molecular complexity index is 629. The third kappa shape index (κ3) is 2.40. The van der Waals surface area contributed by atoms with Crippen molar-refractivity contribution in [3.05, 3.63) is 23.1 Å². The Morgan fingerprint density at radius 3 is 2.90 bits per heavy atom. The lowest BCUT2D eigenvalue weighted by molar-refractivity contribution is 0.0518. The molecule has 2 heterocycles. The van der Waals surface area contributed by atoms with Crippen molar-refractivity contribution in [1.29, 1.82) is 0 Å². The predicted molar refractivity (Wildman–Crippen MR) is 66.1 cm³/mol. The van der Waals surface area contributed by atoms with Crippen LogP contribution >= 0.6 is 0 Å². The molecular formula is C12H15N5O3. The summed E-state index contributed by atoms with van der Waals surface area (Å²) in [5.41, 5.74) is 1.11. The predicted octanol–water partition coefficient (Wildman–Crippen LogP) is 1.07. The maximum atomic E-state index is 11.9. The van der Waals surface area contributed by atoms with E-state index in [2.05, 4.69) is 20.5 Å². The largest absolute Gasteiger partial charge is 0.461 e. The minimum absolute atomic E-state index is 0.301. The molecule has 0 aliphatic heterocycles. The highest BCUT2D eigenvalue weighted by molar-refractivity contribution is 5.88. The van der Waals surface area contributed by atoms with Crippen molar-refractivity contribution >= 4 is 5.97 Å². The Labute approximate surface area is 115 Å². The van der Waals surface area contributed by atoms with Gasteiger partial charge in [0.25, 0.3) is 0 Å². The molecule has 2 aromatic rings. The third-order valence-corrected chi connectivity index (χ3v) is 3.07. The molecule has 1 aliphatic carbocycles. The van der Waals surface area contributed by atoms with Crippen LogP contribution in [-0.2, 0) is 11.3 Å². The van der Waals surface area contributed by atoms with Crippen LogP contribution in [0.5, 0.6) is 0 Å². The van der Waals surface area contributed by atoms with Gasteiger partial charge in [-0.2, -0.15) is 4.98 Å². The Morgan fingerprint density at radius 2 is 2.30 bits per heavy atom. The van der Waals surface area contributed by atoms with Gasteiger partial charge in [-0.3, -0.25) is 0 Å². The monoisotopic (exact) mass is 277 g/mol. The van der Waals surface area contributed by atoms with E-state index in [4.69, 9.17) is 9.26 Å². The van der Waals surface area contributed by atoms with E-state index >= 15 is 0 Å². The molecule has 0 N–H and O–H groups in total. The van der Waals surface area contributed by atoms with Gasteiger partial charge in [-0.25, -0.2) is 9.48 Å². The number of rotatable bonds is 5. The van der Waals surface area contributed by atoms with E-state index in [1.54, 1.807) is 18.5 Å². The zero-order valence-electron chi connectivity index (χ0n) is 11.4. The van der Waals surface area contributed by atoms with Crippen molar-refractivity contribution in [2.75, 3.05) is 6.61 Å². The highest BCUT2D eigenvalue weighted by Gasteiger charge is 2.34. The first kappa shape index (κ1) is 12.8. The molecule has 8 nitrogen and oxygen atoms in total. The maximum absolute atomic E-state index is 11.9. The molecule has 1 aliphatic rings. The molecule has 2 aromatic heterocycles. The summed E-state index contributed by atoms with van der Waals surface area (Å²) in [6, 6.07) is 0. The smallest absolute Gasteiger partial charge is 0.360 e. The Balaban J connectivity index is 1.89. The van der Waals surface area contributed by atoms with E-state index < -0.39 is 5.97 Å². The van der Waals surface area contributed by atoms with Crippen molar-refractivity contribution < 1.29 is 14.1 Å². The summed E-state index contributed by atoms with van der Waals surface area (Å²) >= 11 is 0. The summed E-state index contributed by atoms with van der Waals surface area (Å²) in [5.74, 6) is 0.908. The van der Waals surface area contributed by atoms with Gasteiger partial charge >= 0.3 is 5.97 Å². The summed E-state index contributed by atoms with van der Waals surface area (Å²) in [6.07, 6.45) is 2.07. The van der Waals surface area contributed by atoms with Gasteiger partial charge in [0.05, 0.1) is 12.3 Å². The molecule has 0 bridgehead atoms. The number of aryl methyl sites for hydroxylation is 1. The van der Waals surface area contributed by atoms with Crippen LogP contribution in [-0.4, -0.2) is 37.7 Å². The van der Waals surface area contributed by atoms with Gasteiger partial charge in [-0.15, -0.1) is 5.10 Å². The van der Waals surface area contributed by atoms with Crippen molar-refractivity contribution in [2.24, 2.45) is 0 Å². The van der Waals surface area contributed by atoms with Crippen molar-refractivity contribution in [2.45, 2.75) is 39.2 Å². The van der Waals surface area contributed by atoms with Crippen LogP contribution in [0.4, 0.5) is 0 Å². The minimum Gasteiger partial charge on any atom is -0.461 e. The van der Waals surface area contributed by atoms with Gasteiger partial charge in [-0.05, 0) is 19.8 Å². The quantitative estimate of drug-likeness (QED) is 0.754. The first-order chi connectivity index (χ1) is 9.69. The third-order valence-electron chi connectivity index (χ3n) is 3.07. The van der Waals surface area contributed by atoms with Crippen LogP contribution in [0, 0.1) is 6.92 Å². The van der Waals surface area contributed by atoms with Gasteiger partial charge in [0, 0.05) is 12.8 Å². The molecule has 0 radical (unpaired) electrons. The Hall–Kier alpha value is -2.25. The molecule has 0 spiro atoms. The van der Waals surface area contributed by atoms with Crippen molar-refractivity contribution in [3.63, 3.8) is 0 Å². The topological polar surface area (TPSA) is 95.9 Å². The number of aromatic nitrogens is 5. The van der Waals surface area contributed by atoms with E-state index in [0.29, 0.717) is 36.5 Å². The molecule has 1 saturated carbocycles. The number of ether oxygens (including phenoxy) is 1. The zero-order valence-corrected chi connectivity index (χ0v) is 11.4. The fourth-order valence-electron chi connectivity index (χ4n) is 2.08. The van der Waals surface area contributed by atoms with E-state index in [-0.39, 0.29) is 0 Å². The second kappa shape index (κ2) is 5.03. The van der Waals surface area contributed by atoms with Gasteiger partial charge in [-0.1, -0.05) is 10.4 Å². The fraction of sp³-hybridized carbons (Fsp3) is 0.583. The molecule has 0 amide bonds. The summed E-state index contributed by atoms with van der Waals surface area (Å²) in [5, 5.41) is 11.8. The standard InChI is InChI=1S/C12H15N5O3/c1-3-19-12(18)10-11(8-4-5-8)17(16-14-10)6-9-13-7(2)20-15-9/h8H,3-6H2,1-2H3. The minimum atomic E-state index is -0.426. The van der Waals surface area contributed by atoms with E-state index in [0.717, 1.165) is 18.5 Å². The highest BCUT2D eigenvalue weighted by atomic mass is 16.5. The van der Waals surface area contributed by atoms with Gasteiger partial charge in [0.2, 0.25) is 5.89 Å². The average molecular weight is 277 g/mol. The molecule has 0 atom stereocenters. The maximum Gasteiger partial charge on any atom is 0.360 e. The Morgan fingerprint density at radius 1 is 1.50 bits per heavy atom. The van der Waals surface area contributed by atoms with E-state index in [1.807, 2.05) is 0 Å². The van der Waals surface area contributed by atoms with Gasteiger partial charge in [0.15, 0.2) is 11.5 Å². The van der Waals surface area contributed by atoms with Crippen LogP contribution in [0.1, 0.15) is 53.6 Å². The zero-order chi connectivity index (χ0) is 14.1. The van der Waals surface area contributed by atoms with Gasteiger partial charge < -0.3 is 9.26 Å². The fourth-order valence-corrected chi connectivity index (χ4v) is 2.08. The second-order valence-electron chi connectivity index (χ2n) is 4.71. The summed E-state index contributed by atoms with van der Waals surface area (Å²) < 4.78 is 11.6. The lowest BCUT2D eigenvalue weighted by Gasteiger charge is -2.04. The number of hydrogen-bond acceptors (Lipinski definition) is 7. The van der Waals surface area contributed by atoms with Crippen molar-refractivity contribution in [3.8, 4) is 0 Å². The summed E-state index contributed by atoms with van der Waals surface area (Å²) in [6.45, 7) is 4.15.